The van der Waals surface area contributed by atoms with Crippen LogP contribution in [0.15, 0.2) is 467 Å². The third-order valence-corrected chi connectivity index (χ3v) is 28.5. The van der Waals surface area contributed by atoms with Crippen LogP contribution in [0.25, 0.3) is 10.8 Å². The molecule has 668 valence electrons. The molecule has 12 nitrogen and oxygen atoms in total. The number of fused-ring (bicyclic) bond motifs is 6. The van der Waals surface area contributed by atoms with Crippen LogP contribution < -0.4 is 11.5 Å². The first-order valence-electron chi connectivity index (χ1n) is 46.2. The molecule has 0 aliphatic heterocycles. The molecule has 0 spiro atoms. The number of carbonyl (C=O) groups excluding carboxylic acids is 5. The molecule has 22 rings (SSSR count). The standard InChI is InChI=1S/C32H26O.C23H21NO2.C23H19NO2.C23H19NO.C23H18O3/c1-3-13-27(14-4-1)32(28-15-5-2-6-16-28)22-31(29-17-9-10-18-30(29)32)33-23-24-19-20-25-11-7-8-12-26(25)21-24;2*24-21(25)15-20-22(26)18-13-7-8-14-19(18)23(20,16-9-3-1-4-10-16)17-11-5-2-6-12-17;24-16-15-21-22(25)19-13-7-8-14-20(19)23(21,17-9-3-1-4-10-17)18-11-5-2-6-12-18;1-26-22(25)20-21(24)18-14-8-9-15-19(18)23(20,16-10-4-2-5-11-16)17-12-6-3-7-13-17/h1-21,31H,22-23H2;1-14,20,22,26H,15H2,(H2,24,25);1-14,20H,15H2,(H2,24,25);1-14,21-22,25H,15H2;2-15,20H,1H3. The van der Waals surface area contributed by atoms with E-state index in [1.165, 1.54) is 45.7 Å². The van der Waals surface area contributed by atoms with Crippen molar-refractivity contribution < 1.29 is 43.7 Å². The number of aliphatic hydroxyl groups excluding tert-OH is 2. The SMILES string of the molecule is COC(=O)C1C(=O)c2ccccc2C1(c1ccccc1)c1ccccc1.N#CCC1C(O)c2ccccc2C1(c1ccccc1)c1ccccc1.NC(=O)CC1C(=O)c2ccccc2C1(c1ccccc1)c1ccccc1.NC(=O)CC1C(O)c2ccccc2C1(c1ccccc1)c1ccccc1.c1ccc(C2(c3ccccc3)CC(OCc3ccc4ccccc4c3)c3ccccc32)cc1. The van der Waals surface area contributed by atoms with E-state index in [0.717, 1.165) is 84.3 Å². The van der Waals surface area contributed by atoms with Crippen molar-refractivity contribution in [2.24, 2.45) is 35.1 Å². The van der Waals surface area contributed by atoms with Crippen molar-refractivity contribution >= 4 is 40.1 Å². The van der Waals surface area contributed by atoms with Gasteiger partial charge in [-0.05, 0) is 129 Å². The van der Waals surface area contributed by atoms with Gasteiger partial charge in [-0.25, -0.2) is 0 Å². The number of nitriles is 1. The maximum absolute atomic E-state index is 13.3. The van der Waals surface area contributed by atoms with Gasteiger partial charge in [-0.1, -0.05) is 461 Å². The summed E-state index contributed by atoms with van der Waals surface area (Å²) in [7, 11) is 1.33. The average molecular weight is 1780 g/mol. The predicted molar refractivity (Wildman–Crippen MR) is 535 cm³/mol. The van der Waals surface area contributed by atoms with E-state index in [4.69, 9.17) is 20.9 Å². The first-order chi connectivity index (χ1) is 66.7. The van der Waals surface area contributed by atoms with Crippen molar-refractivity contribution in [3.63, 3.8) is 0 Å². The second-order valence-electron chi connectivity index (χ2n) is 35.4. The Hall–Kier alpha value is -15.9. The number of Topliss-reactive ketones (excluding diaryl/α,β-unsaturated/α-hetero) is 2. The van der Waals surface area contributed by atoms with Gasteiger partial charge in [0.15, 0.2) is 11.6 Å². The number of rotatable bonds is 19. The van der Waals surface area contributed by atoms with Crippen molar-refractivity contribution in [1.82, 2.24) is 0 Å². The molecule has 5 aliphatic rings. The van der Waals surface area contributed by atoms with Gasteiger partial charge >= 0.3 is 5.97 Å². The minimum atomic E-state index is -0.949. The van der Waals surface area contributed by atoms with Gasteiger partial charge in [-0.3, -0.25) is 24.0 Å². The Morgan fingerprint density at radius 1 is 0.338 bits per heavy atom. The summed E-state index contributed by atoms with van der Waals surface area (Å²) in [6, 6.07) is 159. The highest BCUT2D eigenvalue weighted by Gasteiger charge is 2.60. The van der Waals surface area contributed by atoms with E-state index in [0.29, 0.717) is 24.2 Å². The van der Waals surface area contributed by atoms with Crippen LogP contribution in [0.4, 0.5) is 0 Å². The van der Waals surface area contributed by atoms with Gasteiger partial charge in [0, 0.05) is 53.6 Å². The molecular formula is C124H103N3O9. The van der Waals surface area contributed by atoms with Gasteiger partial charge in [0.05, 0.1) is 59.8 Å². The smallest absolute Gasteiger partial charge is 0.318 e. The number of amides is 2. The molecule has 0 heterocycles. The number of hydrogen-bond donors (Lipinski definition) is 4. The average Bonchev–Trinajstić information content (AvgIpc) is 1.55. The van der Waals surface area contributed by atoms with Crippen LogP contribution in [0.2, 0.25) is 0 Å². The van der Waals surface area contributed by atoms with Crippen LogP contribution in [0.3, 0.4) is 0 Å². The number of ketones is 2. The van der Waals surface area contributed by atoms with Gasteiger partial charge in [0.25, 0.3) is 0 Å². The lowest BCUT2D eigenvalue weighted by Gasteiger charge is -2.38. The summed E-state index contributed by atoms with van der Waals surface area (Å²) in [5, 5.41) is 34.2. The highest BCUT2D eigenvalue weighted by molar-refractivity contribution is 6.16. The lowest BCUT2D eigenvalue weighted by molar-refractivity contribution is -0.144. The van der Waals surface area contributed by atoms with Crippen molar-refractivity contribution in [2.75, 3.05) is 7.11 Å². The number of nitrogens with zero attached hydrogens (tertiary/aromatic N) is 1. The van der Waals surface area contributed by atoms with E-state index < -0.39 is 63.5 Å². The van der Waals surface area contributed by atoms with E-state index in [2.05, 4.69) is 194 Å². The van der Waals surface area contributed by atoms with Crippen LogP contribution in [0, 0.1) is 35.0 Å². The molecule has 12 heteroatoms. The van der Waals surface area contributed by atoms with Crippen molar-refractivity contribution in [3.05, 3.63) is 584 Å². The lowest BCUT2D eigenvalue weighted by Crippen LogP contribution is -2.41. The number of ether oxygens (including phenoxy) is 2. The van der Waals surface area contributed by atoms with Crippen LogP contribution in [0.1, 0.15) is 170 Å². The number of esters is 1. The number of carbonyl (C=O) groups is 5. The van der Waals surface area contributed by atoms with Crippen LogP contribution >= 0.6 is 0 Å². The number of aliphatic hydroxyl groups is 2. The lowest BCUT2D eigenvalue weighted by atomic mass is 9.64. The minimum absolute atomic E-state index is 0.0112. The molecule has 0 bridgehead atoms. The molecular weight excluding hydrogens is 1680 g/mol. The van der Waals surface area contributed by atoms with Crippen LogP contribution in [-0.4, -0.2) is 46.7 Å². The van der Waals surface area contributed by atoms with Gasteiger partial charge < -0.3 is 31.2 Å². The Labute approximate surface area is 793 Å². The van der Waals surface area contributed by atoms with E-state index >= 15 is 0 Å². The summed E-state index contributed by atoms with van der Waals surface area (Å²) in [4.78, 5) is 63.1. The topological polar surface area (TPSA) is 220 Å². The normalized spacial score (nSPS) is 18.5. The monoisotopic (exact) mass is 1780 g/mol. The maximum atomic E-state index is 13.3. The van der Waals surface area contributed by atoms with Crippen LogP contribution in [0.5, 0.6) is 0 Å². The second kappa shape index (κ2) is 39.9. The Balaban J connectivity index is 0.000000114. The summed E-state index contributed by atoms with van der Waals surface area (Å²) in [6.07, 6.45) is -0.0618. The molecule has 7 unspecified atom stereocenters. The van der Waals surface area contributed by atoms with Gasteiger partial charge in [0.1, 0.15) is 5.92 Å². The highest BCUT2D eigenvalue weighted by Crippen LogP contribution is 2.62. The van der Waals surface area contributed by atoms with Gasteiger partial charge in [-0.2, -0.15) is 5.26 Å². The fraction of sp³-hybridized carbons (Fsp3) is 0.145. The van der Waals surface area contributed by atoms with Crippen molar-refractivity contribution in [2.45, 2.75) is 77.7 Å². The number of benzene rings is 17. The third kappa shape index (κ3) is 16.2. The fourth-order valence-electron chi connectivity index (χ4n) is 23.0. The van der Waals surface area contributed by atoms with E-state index in [-0.39, 0.29) is 47.8 Å². The first-order valence-corrected chi connectivity index (χ1v) is 46.2. The van der Waals surface area contributed by atoms with E-state index in [1.807, 2.05) is 273 Å². The largest absolute Gasteiger partial charge is 0.468 e. The second-order valence-corrected chi connectivity index (χ2v) is 35.4. The molecule has 2 amide bonds. The molecule has 17 aromatic rings. The quantitative estimate of drug-likeness (QED) is 0.0443. The number of hydrogen-bond acceptors (Lipinski definition) is 10. The van der Waals surface area contributed by atoms with Crippen molar-refractivity contribution in [1.29, 1.82) is 5.26 Å². The number of nitrogens with two attached hydrogens (primary N) is 2. The number of primary amides is 2. The first kappa shape index (κ1) is 90.7. The van der Waals surface area contributed by atoms with Gasteiger partial charge in [0.2, 0.25) is 11.8 Å². The molecule has 0 aromatic heterocycles. The Bertz CT molecular complexity index is 6930. The Kier molecular flexibility index (Phi) is 26.6. The molecule has 136 heavy (non-hydrogen) atoms. The molecule has 5 aliphatic carbocycles. The minimum Gasteiger partial charge on any atom is -0.468 e. The van der Waals surface area contributed by atoms with Crippen LogP contribution in [-0.2, 0) is 57.5 Å². The fourth-order valence-corrected chi connectivity index (χ4v) is 23.0. The third-order valence-electron chi connectivity index (χ3n) is 28.5. The zero-order valence-electron chi connectivity index (χ0n) is 75.4. The molecule has 7 atom stereocenters. The highest BCUT2D eigenvalue weighted by atomic mass is 16.5. The number of methoxy groups -OCH3 is 1. The zero-order valence-corrected chi connectivity index (χ0v) is 75.4. The van der Waals surface area contributed by atoms with Gasteiger partial charge in [-0.15, -0.1) is 0 Å². The molecule has 0 fully saturated rings. The zero-order chi connectivity index (χ0) is 93.8. The van der Waals surface area contributed by atoms with Crippen molar-refractivity contribution in [3.8, 4) is 6.07 Å². The Morgan fingerprint density at radius 2 is 0.654 bits per heavy atom. The summed E-state index contributed by atoms with van der Waals surface area (Å²) >= 11 is 0. The summed E-state index contributed by atoms with van der Waals surface area (Å²) in [5.41, 5.74) is 29.8. The molecule has 17 aromatic carbocycles. The maximum Gasteiger partial charge on any atom is 0.318 e. The predicted octanol–water partition coefficient (Wildman–Crippen LogP) is 23.7. The molecule has 0 saturated carbocycles. The molecule has 6 N–H and O–H groups in total. The van der Waals surface area contributed by atoms with E-state index in [1.54, 1.807) is 6.07 Å². The molecule has 0 radical (unpaired) electrons. The summed E-state index contributed by atoms with van der Waals surface area (Å²) in [5.74, 6) is -3.68. The molecule has 0 saturated heterocycles. The summed E-state index contributed by atoms with van der Waals surface area (Å²) < 4.78 is 11.7. The Morgan fingerprint density at radius 3 is 1.06 bits per heavy atom. The van der Waals surface area contributed by atoms with E-state index in [9.17, 15) is 39.4 Å². The summed E-state index contributed by atoms with van der Waals surface area (Å²) in [6.45, 7) is 0.601.